The molecular weight excluding hydrogens is 388 g/mol. The highest BCUT2D eigenvalue weighted by Gasteiger charge is 2.48. The molecule has 0 aliphatic carbocycles. The van der Waals surface area contributed by atoms with E-state index in [1.165, 1.54) is 4.90 Å². The third-order valence-corrected chi connectivity index (χ3v) is 6.73. The number of amides is 3. The van der Waals surface area contributed by atoms with Crippen LogP contribution in [0.1, 0.15) is 37.3 Å². The highest BCUT2D eigenvalue weighted by Crippen LogP contribution is 2.35. The van der Waals surface area contributed by atoms with Crippen molar-refractivity contribution in [3.63, 3.8) is 0 Å². The van der Waals surface area contributed by atoms with Gasteiger partial charge in [-0.3, -0.25) is 9.69 Å². The molecule has 6 nitrogen and oxygen atoms in total. The molecule has 2 saturated heterocycles. The molecule has 0 spiro atoms. The van der Waals surface area contributed by atoms with E-state index in [0.717, 1.165) is 50.0 Å². The summed E-state index contributed by atoms with van der Waals surface area (Å²) >= 11 is 0. The fourth-order valence-corrected chi connectivity index (χ4v) is 4.70. The van der Waals surface area contributed by atoms with E-state index in [1.54, 1.807) is 6.92 Å². The molecule has 1 N–H and O–H groups in total. The summed E-state index contributed by atoms with van der Waals surface area (Å²) in [5, 5.41) is 12.7. The van der Waals surface area contributed by atoms with Crippen LogP contribution in [0.15, 0.2) is 60.7 Å². The number of hydrogen-bond donors (Lipinski definition) is 1. The lowest BCUT2D eigenvalue weighted by atomic mass is 9.74. The summed E-state index contributed by atoms with van der Waals surface area (Å²) in [6, 6.07) is 21.6. The van der Waals surface area contributed by atoms with Crippen LogP contribution >= 0.6 is 0 Å². The summed E-state index contributed by atoms with van der Waals surface area (Å²) in [7, 11) is 0. The average Bonchev–Trinajstić information content (AvgIpc) is 3.04. The molecule has 2 aromatic carbocycles. The maximum atomic E-state index is 13.0. The minimum Gasteiger partial charge on any atom is -0.319 e. The molecule has 0 radical (unpaired) electrons. The van der Waals surface area contributed by atoms with Gasteiger partial charge in [0.1, 0.15) is 5.54 Å². The second kappa shape index (κ2) is 8.52. The molecule has 1 atom stereocenters. The van der Waals surface area contributed by atoms with Gasteiger partial charge in [0, 0.05) is 6.54 Å². The zero-order valence-corrected chi connectivity index (χ0v) is 17.9. The van der Waals surface area contributed by atoms with Crippen molar-refractivity contribution in [1.82, 2.24) is 15.1 Å². The number of piperidine rings is 1. The predicted octanol–water partition coefficient (Wildman–Crippen LogP) is 3.40. The predicted molar refractivity (Wildman–Crippen MR) is 118 cm³/mol. The molecule has 31 heavy (non-hydrogen) atoms. The summed E-state index contributed by atoms with van der Waals surface area (Å²) < 4.78 is 0. The summed E-state index contributed by atoms with van der Waals surface area (Å²) in [5.74, 6) is -0.199. The van der Waals surface area contributed by atoms with Crippen molar-refractivity contribution >= 4 is 11.9 Å². The largest absolute Gasteiger partial charge is 0.325 e. The Balaban J connectivity index is 1.31. The first-order valence-electron chi connectivity index (χ1n) is 10.9. The van der Waals surface area contributed by atoms with Crippen LogP contribution in [0.5, 0.6) is 0 Å². The van der Waals surface area contributed by atoms with Crippen molar-refractivity contribution in [2.45, 2.75) is 37.1 Å². The van der Waals surface area contributed by atoms with E-state index < -0.39 is 11.0 Å². The number of carbonyl (C=O) groups excluding carboxylic acids is 2. The first-order chi connectivity index (χ1) is 15.0. The fraction of sp³-hybridized carbons (Fsp3) is 0.400. The number of benzene rings is 2. The van der Waals surface area contributed by atoms with Crippen LogP contribution in [-0.2, 0) is 15.7 Å². The molecular formula is C25H28N4O2. The molecule has 2 aromatic rings. The number of imide groups is 1. The number of carbonyl (C=O) groups is 2. The van der Waals surface area contributed by atoms with Gasteiger partial charge in [0.2, 0.25) is 0 Å². The highest BCUT2D eigenvalue weighted by atomic mass is 16.2. The second-order valence-electron chi connectivity index (χ2n) is 8.63. The smallest absolute Gasteiger partial charge is 0.319 e. The van der Waals surface area contributed by atoms with E-state index in [2.05, 4.69) is 16.3 Å². The van der Waals surface area contributed by atoms with Gasteiger partial charge in [-0.1, -0.05) is 60.7 Å². The van der Waals surface area contributed by atoms with Gasteiger partial charge in [-0.25, -0.2) is 4.79 Å². The van der Waals surface area contributed by atoms with Gasteiger partial charge in [-0.05, 0) is 56.9 Å². The standard InChI is InChI=1S/C25H28N4O2/c1-24(20-9-4-2-5-10-20)22(30)29(23(31)27-24)16-8-15-28-17-13-25(19-26,14-18-28)21-11-6-3-7-12-21/h2-7,9-12H,8,13-18H2,1H3,(H,27,31). The molecule has 0 bridgehead atoms. The number of nitrogens with one attached hydrogen (secondary N) is 1. The van der Waals surface area contributed by atoms with Crippen LogP contribution in [0.25, 0.3) is 0 Å². The summed E-state index contributed by atoms with van der Waals surface area (Å²) in [4.78, 5) is 29.1. The molecule has 1 unspecified atom stereocenters. The van der Waals surface area contributed by atoms with Crippen LogP contribution in [0, 0.1) is 11.3 Å². The first-order valence-corrected chi connectivity index (χ1v) is 10.9. The molecule has 0 aromatic heterocycles. The Bertz CT molecular complexity index is 978. The lowest BCUT2D eigenvalue weighted by Gasteiger charge is -2.37. The molecule has 2 aliphatic heterocycles. The maximum Gasteiger partial charge on any atom is 0.325 e. The molecule has 2 aliphatic rings. The Kier molecular flexibility index (Phi) is 5.79. The average molecular weight is 417 g/mol. The Labute approximate surface area is 183 Å². The maximum absolute atomic E-state index is 13.0. The Morgan fingerprint density at radius 3 is 2.10 bits per heavy atom. The quantitative estimate of drug-likeness (QED) is 0.733. The third-order valence-electron chi connectivity index (χ3n) is 6.73. The number of urea groups is 1. The second-order valence-corrected chi connectivity index (χ2v) is 8.63. The van der Waals surface area contributed by atoms with Gasteiger partial charge in [-0.2, -0.15) is 5.26 Å². The number of hydrogen-bond acceptors (Lipinski definition) is 4. The zero-order chi connectivity index (χ0) is 21.9. The van der Waals surface area contributed by atoms with Gasteiger partial charge in [-0.15, -0.1) is 0 Å². The van der Waals surface area contributed by atoms with Crippen LogP contribution in [-0.4, -0.2) is 47.9 Å². The summed E-state index contributed by atoms with van der Waals surface area (Å²) in [5.41, 5.74) is 0.461. The number of nitrogens with zero attached hydrogens (tertiary/aromatic N) is 3. The van der Waals surface area contributed by atoms with E-state index in [1.807, 2.05) is 60.7 Å². The van der Waals surface area contributed by atoms with Crippen LogP contribution in [0.4, 0.5) is 4.79 Å². The summed E-state index contributed by atoms with van der Waals surface area (Å²) in [6.45, 7) is 4.63. The minimum absolute atomic E-state index is 0.199. The normalized spacial score (nSPS) is 23.4. The van der Waals surface area contributed by atoms with E-state index in [0.29, 0.717) is 6.54 Å². The molecule has 2 fully saturated rings. The molecule has 2 heterocycles. The molecule has 3 amide bonds. The molecule has 6 heteroatoms. The number of likely N-dealkylation sites (tertiary alicyclic amines) is 1. The Morgan fingerprint density at radius 2 is 1.52 bits per heavy atom. The van der Waals surface area contributed by atoms with Gasteiger partial charge >= 0.3 is 6.03 Å². The fourth-order valence-electron chi connectivity index (χ4n) is 4.70. The third kappa shape index (κ3) is 3.94. The highest BCUT2D eigenvalue weighted by molar-refractivity contribution is 6.07. The lowest BCUT2D eigenvalue weighted by Crippen LogP contribution is -2.43. The van der Waals surface area contributed by atoms with E-state index in [4.69, 9.17) is 0 Å². The van der Waals surface area contributed by atoms with Crippen molar-refractivity contribution in [2.24, 2.45) is 0 Å². The minimum atomic E-state index is -1.01. The van der Waals surface area contributed by atoms with Gasteiger partial charge in [0.25, 0.3) is 5.91 Å². The SMILES string of the molecule is CC1(c2ccccc2)NC(=O)N(CCCN2CCC(C#N)(c3ccccc3)CC2)C1=O. The number of rotatable bonds is 6. The molecule has 4 rings (SSSR count). The van der Waals surface area contributed by atoms with E-state index in [9.17, 15) is 14.9 Å². The van der Waals surface area contributed by atoms with Gasteiger partial charge < -0.3 is 10.2 Å². The van der Waals surface area contributed by atoms with Crippen molar-refractivity contribution in [3.8, 4) is 6.07 Å². The topological polar surface area (TPSA) is 76.4 Å². The molecule has 0 saturated carbocycles. The first kappa shape index (κ1) is 21.1. The van der Waals surface area contributed by atoms with Crippen molar-refractivity contribution in [2.75, 3.05) is 26.2 Å². The van der Waals surface area contributed by atoms with Crippen molar-refractivity contribution in [1.29, 1.82) is 5.26 Å². The monoisotopic (exact) mass is 416 g/mol. The van der Waals surface area contributed by atoms with Gasteiger partial charge in [0.15, 0.2) is 0 Å². The van der Waals surface area contributed by atoms with Crippen LogP contribution < -0.4 is 5.32 Å². The van der Waals surface area contributed by atoms with Crippen LogP contribution in [0.2, 0.25) is 0 Å². The lowest BCUT2D eigenvalue weighted by molar-refractivity contribution is -0.131. The Morgan fingerprint density at radius 1 is 0.935 bits per heavy atom. The van der Waals surface area contributed by atoms with E-state index in [-0.39, 0.29) is 11.9 Å². The Hall–Kier alpha value is -3.17. The molecule has 160 valence electrons. The van der Waals surface area contributed by atoms with Crippen molar-refractivity contribution < 1.29 is 9.59 Å². The van der Waals surface area contributed by atoms with Crippen LogP contribution in [0.3, 0.4) is 0 Å². The van der Waals surface area contributed by atoms with Crippen molar-refractivity contribution in [3.05, 3.63) is 71.8 Å². The van der Waals surface area contributed by atoms with E-state index >= 15 is 0 Å². The van der Waals surface area contributed by atoms with Gasteiger partial charge in [0.05, 0.1) is 11.5 Å². The zero-order valence-electron chi connectivity index (χ0n) is 17.9. The number of nitriles is 1. The summed E-state index contributed by atoms with van der Waals surface area (Å²) in [6.07, 6.45) is 2.31.